The van der Waals surface area contributed by atoms with Crippen molar-refractivity contribution in [3.8, 4) is 17.1 Å². The fourth-order valence-electron chi connectivity index (χ4n) is 3.12. The Morgan fingerprint density at radius 1 is 1.12 bits per heavy atom. The molecule has 0 saturated heterocycles. The van der Waals surface area contributed by atoms with Gasteiger partial charge in [0.2, 0.25) is 5.91 Å². The highest BCUT2D eigenvalue weighted by atomic mass is 35.5. The van der Waals surface area contributed by atoms with E-state index in [1.165, 1.54) is 24.0 Å². The predicted molar refractivity (Wildman–Crippen MR) is 128 cm³/mol. The number of carbonyl (C=O) groups is 1. The molecule has 1 aromatic carbocycles. The summed E-state index contributed by atoms with van der Waals surface area (Å²) >= 11 is 13.2. The van der Waals surface area contributed by atoms with Crippen LogP contribution in [-0.2, 0) is 4.79 Å². The zero-order valence-electron chi connectivity index (χ0n) is 17.2. The fraction of sp³-hybridized carbons (Fsp3) is 0.136. The molecule has 4 rings (SSSR count). The second-order valence-electron chi connectivity index (χ2n) is 6.99. The van der Waals surface area contributed by atoms with Crippen LogP contribution in [0.2, 0.25) is 10.0 Å². The lowest BCUT2D eigenvalue weighted by Crippen LogP contribution is -2.16. The summed E-state index contributed by atoms with van der Waals surface area (Å²) in [5.74, 6) is 0.727. The Kier molecular flexibility index (Phi) is 6.74. The Labute approximate surface area is 199 Å². The van der Waals surface area contributed by atoms with E-state index in [-0.39, 0.29) is 22.5 Å². The van der Waals surface area contributed by atoms with Gasteiger partial charge in [-0.05, 0) is 43.7 Å². The van der Waals surface area contributed by atoms with Crippen molar-refractivity contribution in [3.05, 3.63) is 76.2 Å². The second-order valence-corrected chi connectivity index (χ2v) is 8.78. The number of hydrogen-bond donors (Lipinski definition) is 1. The highest BCUT2D eigenvalue weighted by molar-refractivity contribution is 7.99. The lowest BCUT2D eigenvalue weighted by atomic mass is 10.1. The first-order valence-electron chi connectivity index (χ1n) is 9.59. The van der Waals surface area contributed by atoms with Crippen LogP contribution in [0.15, 0.2) is 60.1 Å². The van der Waals surface area contributed by atoms with Gasteiger partial charge in [0, 0.05) is 24.2 Å². The Morgan fingerprint density at radius 2 is 1.97 bits per heavy atom. The first kappa shape index (κ1) is 22.3. The molecule has 1 N–H and O–H groups in total. The summed E-state index contributed by atoms with van der Waals surface area (Å²) in [6, 6.07) is 11.4. The normalized spacial score (nSPS) is 10.9. The van der Waals surface area contributed by atoms with Crippen LogP contribution in [0.25, 0.3) is 17.1 Å². The molecule has 0 aliphatic carbocycles. The average Bonchev–Trinajstić information content (AvgIpc) is 3.18. The van der Waals surface area contributed by atoms with Crippen LogP contribution < -0.4 is 5.32 Å². The molecule has 0 aliphatic heterocycles. The number of rotatable bonds is 6. The molecule has 3 aromatic heterocycles. The van der Waals surface area contributed by atoms with Crippen molar-refractivity contribution >= 4 is 46.7 Å². The number of thioether (sulfide) groups is 1. The van der Waals surface area contributed by atoms with Crippen molar-refractivity contribution in [2.24, 2.45) is 0 Å². The number of halogens is 2. The molecular formula is C22H18Cl2N6OS. The number of aromatic nitrogens is 5. The Bertz CT molecular complexity index is 1280. The molecular weight excluding hydrogens is 467 g/mol. The molecule has 0 saturated carbocycles. The van der Waals surface area contributed by atoms with E-state index in [4.69, 9.17) is 23.2 Å². The molecule has 0 atom stereocenters. The molecule has 32 heavy (non-hydrogen) atoms. The lowest BCUT2D eigenvalue weighted by molar-refractivity contribution is -0.113. The summed E-state index contributed by atoms with van der Waals surface area (Å²) in [4.78, 5) is 20.8. The van der Waals surface area contributed by atoms with Gasteiger partial charge in [-0.1, -0.05) is 52.7 Å². The van der Waals surface area contributed by atoms with E-state index in [2.05, 4.69) is 31.5 Å². The van der Waals surface area contributed by atoms with Gasteiger partial charge in [0.15, 0.2) is 16.8 Å². The van der Waals surface area contributed by atoms with E-state index in [1.807, 2.05) is 42.7 Å². The van der Waals surface area contributed by atoms with E-state index in [0.29, 0.717) is 16.0 Å². The molecule has 4 aromatic rings. The third-order valence-electron chi connectivity index (χ3n) is 4.54. The van der Waals surface area contributed by atoms with Crippen LogP contribution in [0.3, 0.4) is 0 Å². The number of anilines is 1. The Hall–Kier alpha value is -2.94. The minimum Gasteiger partial charge on any atom is -0.309 e. The maximum Gasteiger partial charge on any atom is 0.236 e. The first-order valence-corrected chi connectivity index (χ1v) is 11.3. The molecule has 162 valence electrons. The zero-order chi connectivity index (χ0) is 22.7. The molecule has 0 bridgehead atoms. The Balaban J connectivity index is 1.62. The number of nitrogens with one attached hydrogen (secondary N) is 1. The third kappa shape index (κ3) is 4.93. The number of nitrogens with zero attached hydrogens (tertiary/aromatic N) is 5. The van der Waals surface area contributed by atoms with Gasteiger partial charge in [-0.25, -0.2) is 4.98 Å². The van der Waals surface area contributed by atoms with Crippen molar-refractivity contribution in [2.45, 2.75) is 19.0 Å². The SMILES string of the molecule is Cc1ccc(-n2c(SCC(=O)Nc3ncc(Cl)cc3Cl)nnc2-c2cccnc2)c(C)c1. The molecule has 10 heteroatoms. The van der Waals surface area contributed by atoms with Gasteiger partial charge in [-0.15, -0.1) is 10.2 Å². The predicted octanol–water partition coefficient (Wildman–Crippen LogP) is 5.38. The van der Waals surface area contributed by atoms with Crippen molar-refractivity contribution in [3.63, 3.8) is 0 Å². The molecule has 0 unspecified atom stereocenters. The number of pyridine rings is 2. The minimum atomic E-state index is -0.273. The first-order chi connectivity index (χ1) is 15.4. The second kappa shape index (κ2) is 9.68. The van der Waals surface area contributed by atoms with Crippen molar-refractivity contribution < 1.29 is 4.79 Å². The van der Waals surface area contributed by atoms with Gasteiger partial charge < -0.3 is 5.32 Å². The van der Waals surface area contributed by atoms with E-state index >= 15 is 0 Å². The summed E-state index contributed by atoms with van der Waals surface area (Å²) in [7, 11) is 0. The van der Waals surface area contributed by atoms with Crippen LogP contribution in [0, 0.1) is 13.8 Å². The van der Waals surface area contributed by atoms with E-state index in [9.17, 15) is 4.79 Å². The van der Waals surface area contributed by atoms with E-state index in [0.717, 1.165) is 22.4 Å². The average molecular weight is 485 g/mol. The Morgan fingerprint density at radius 3 is 2.69 bits per heavy atom. The molecule has 7 nitrogen and oxygen atoms in total. The van der Waals surface area contributed by atoms with Crippen LogP contribution >= 0.6 is 35.0 Å². The molecule has 0 spiro atoms. The highest BCUT2D eigenvalue weighted by Gasteiger charge is 2.19. The third-order valence-corrected chi connectivity index (χ3v) is 5.97. The standard InChI is InChI=1S/C22H18Cl2N6OS/c1-13-5-6-18(14(2)8-13)30-21(15-4-3-7-25-10-15)28-29-22(30)32-12-19(31)27-20-17(24)9-16(23)11-26-20/h3-11H,12H2,1-2H3,(H,26,27,31). The fourth-order valence-corrected chi connectivity index (χ4v) is 4.30. The van der Waals surface area contributed by atoms with E-state index < -0.39 is 0 Å². The number of hydrogen-bond acceptors (Lipinski definition) is 6. The maximum absolute atomic E-state index is 12.5. The van der Waals surface area contributed by atoms with Gasteiger partial charge in [0.05, 0.1) is 21.5 Å². The monoisotopic (exact) mass is 484 g/mol. The highest BCUT2D eigenvalue weighted by Crippen LogP contribution is 2.30. The molecule has 0 radical (unpaired) electrons. The van der Waals surface area contributed by atoms with Crippen LogP contribution in [0.4, 0.5) is 5.82 Å². The topological polar surface area (TPSA) is 85.6 Å². The largest absolute Gasteiger partial charge is 0.309 e. The van der Waals surface area contributed by atoms with Gasteiger partial charge in [0.25, 0.3) is 0 Å². The molecule has 1 amide bonds. The van der Waals surface area contributed by atoms with Gasteiger partial charge >= 0.3 is 0 Å². The number of benzene rings is 1. The lowest BCUT2D eigenvalue weighted by Gasteiger charge is -2.13. The summed E-state index contributed by atoms with van der Waals surface area (Å²) < 4.78 is 1.94. The van der Waals surface area contributed by atoms with E-state index in [1.54, 1.807) is 12.4 Å². The summed E-state index contributed by atoms with van der Waals surface area (Å²) in [5, 5.41) is 12.7. The number of aryl methyl sites for hydroxylation is 2. The maximum atomic E-state index is 12.5. The van der Waals surface area contributed by atoms with Gasteiger partial charge in [-0.3, -0.25) is 14.3 Å². The van der Waals surface area contributed by atoms with Gasteiger partial charge in [-0.2, -0.15) is 0 Å². The number of amides is 1. The summed E-state index contributed by atoms with van der Waals surface area (Å²) in [5.41, 5.74) is 3.99. The smallest absolute Gasteiger partial charge is 0.236 e. The van der Waals surface area contributed by atoms with Crippen molar-refractivity contribution in [2.75, 3.05) is 11.1 Å². The van der Waals surface area contributed by atoms with Crippen LogP contribution in [0.5, 0.6) is 0 Å². The molecule has 3 heterocycles. The molecule has 0 fully saturated rings. The molecule has 0 aliphatic rings. The van der Waals surface area contributed by atoms with Crippen LogP contribution in [0.1, 0.15) is 11.1 Å². The number of carbonyl (C=O) groups excluding carboxylic acids is 1. The summed E-state index contributed by atoms with van der Waals surface area (Å²) in [6.07, 6.45) is 4.86. The van der Waals surface area contributed by atoms with Crippen LogP contribution in [-0.4, -0.2) is 36.4 Å². The zero-order valence-corrected chi connectivity index (χ0v) is 19.5. The minimum absolute atomic E-state index is 0.0940. The quantitative estimate of drug-likeness (QED) is 0.369. The van der Waals surface area contributed by atoms with Crippen molar-refractivity contribution in [1.82, 2.24) is 24.7 Å². The van der Waals surface area contributed by atoms with Crippen molar-refractivity contribution in [1.29, 1.82) is 0 Å². The van der Waals surface area contributed by atoms with Gasteiger partial charge in [0.1, 0.15) is 0 Å². The summed E-state index contributed by atoms with van der Waals surface area (Å²) in [6.45, 7) is 4.08.